The minimum atomic E-state index is -0.486. The summed E-state index contributed by atoms with van der Waals surface area (Å²) in [6, 6.07) is 8.78. The van der Waals surface area contributed by atoms with E-state index in [2.05, 4.69) is 11.9 Å². The SMILES string of the molecule is C=C(C)CN1C(=O)C(Cc2ccccc2)NC(=O)C1C. The van der Waals surface area contributed by atoms with Gasteiger partial charge in [-0.2, -0.15) is 0 Å². The zero-order valence-corrected chi connectivity index (χ0v) is 11.9. The van der Waals surface area contributed by atoms with Gasteiger partial charge in [0, 0.05) is 13.0 Å². The Balaban J connectivity index is 2.15. The summed E-state index contributed by atoms with van der Waals surface area (Å²) in [5.41, 5.74) is 1.91. The smallest absolute Gasteiger partial charge is 0.246 e. The van der Waals surface area contributed by atoms with Gasteiger partial charge in [0.2, 0.25) is 11.8 Å². The van der Waals surface area contributed by atoms with E-state index in [1.807, 2.05) is 37.3 Å². The maximum atomic E-state index is 12.5. The first-order valence-electron chi connectivity index (χ1n) is 6.78. The van der Waals surface area contributed by atoms with Crippen LogP contribution in [0.5, 0.6) is 0 Å². The van der Waals surface area contributed by atoms with Gasteiger partial charge in [0.15, 0.2) is 0 Å². The van der Waals surface area contributed by atoms with Crippen molar-refractivity contribution in [2.75, 3.05) is 6.54 Å². The maximum absolute atomic E-state index is 12.5. The molecule has 20 heavy (non-hydrogen) atoms. The molecule has 2 amide bonds. The third-order valence-corrected chi connectivity index (χ3v) is 3.47. The zero-order chi connectivity index (χ0) is 14.7. The van der Waals surface area contributed by atoms with Gasteiger partial charge < -0.3 is 10.2 Å². The number of carbonyl (C=O) groups is 2. The molecule has 0 radical (unpaired) electrons. The van der Waals surface area contributed by atoms with Crippen LogP contribution in [0.15, 0.2) is 42.5 Å². The molecule has 2 atom stereocenters. The monoisotopic (exact) mass is 272 g/mol. The summed E-state index contributed by atoms with van der Waals surface area (Å²) in [4.78, 5) is 26.1. The van der Waals surface area contributed by atoms with E-state index in [0.29, 0.717) is 13.0 Å². The molecule has 0 aliphatic carbocycles. The predicted octanol–water partition coefficient (Wildman–Crippen LogP) is 1.52. The molecule has 1 fully saturated rings. The van der Waals surface area contributed by atoms with Gasteiger partial charge in [-0.25, -0.2) is 0 Å². The van der Waals surface area contributed by atoms with E-state index in [4.69, 9.17) is 0 Å². The summed E-state index contributed by atoms with van der Waals surface area (Å²) in [6.07, 6.45) is 0.519. The number of hydrogen-bond donors (Lipinski definition) is 1. The van der Waals surface area contributed by atoms with Gasteiger partial charge in [0.25, 0.3) is 0 Å². The van der Waals surface area contributed by atoms with E-state index in [-0.39, 0.29) is 11.8 Å². The molecule has 1 N–H and O–H groups in total. The van der Waals surface area contributed by atoms with Gasteiger partial charge in [-0.1, -0.05) is 42.5 Å². The molecule has 1 aliphatic rings. The summed E-state index contributed by atoms with van der Waals surface area (Å²) in [6.45, 7) is 7.86. The van der Waals surface area contributed by atoms with Crippen LogP contribution in [0.4, 0.5) is 0 Å². The first kappa shape index (κ1) is 14.3. The Bertz CT molecular complexity index is 525. The first-order valence-corrected chi connectivity index (χ1v) is 6.78. The molecular formula is C16H20N2O2. The van der Waals surface area contributed by atoms with Crippen molar-refractivity contribution in [3.63, 3.8) is 0 Å². The highest BCUT2D eigenvalue weighted by molar-refractivity contribution is 5.97. The molecule has 0 aromatic heterocycles. The summed E-state index contributed by atoms with van der Waals surface area (Å²) >= 11 is 0. The minimum absolute atomic E-state index is 0.0380. The Morgan fingerprint density at radius 2 is 1.95 bits per heavy atom. The van der Waals surface area contributed by atoms with Crippen molar-refractivity contribution in [1.29, 1.82) is 0 Å². The van der Waals surface area contributed by atoms with Crippen molar-refractivity contribution in [2.24, 2.45) is 0 Å². The largest absolute Gasteiger partial charge is 0.342 e. The quantitative estimate of drug-likeness (QED) is 0.845. The molecule has 4 heteroatoms. The van der Waals surface area contributed by atoms with E-state index >= 15 is 0 Å². The summed E-state index contributed by atoms with van der Waals surface area (Å²) in [7, 11) is 0. The normalized spacial score (nSPS) is 22.6. The molecule has 1 aliphatic heterocycles. The number of carbonyl (C=O) groups excluding carboxylic acids is 2. The Hall–Kier alpha value is -2.10. The second kappa shape index (κ2) is 5.90. The average Bonchev–Trinajstić information content (AvgIpc) is 2.42. The van der Waals surface area contributed by atoms with Crippen molar-refractivity contribution in [1.82, 2.24) is 10.2 Å². The third-order valence-electron chi connectivity index (χ3n) is 3.47. The lowest BCUT2D eigenvalue weighted by Gasteiger charge is -2.37. The summed E-state index contributed by atoms with van der Waals surface area (Å²) in [5, 5.41) is 2.81. The highest BCUT2D eigenvalue weighted by Gasteiger charge is 2.37. The van der Waals surface area contributed by atoms with Crippen LogP contribution in [0, 0.1) is 0 Å². The second-order valence-corrected chi connectivity index (χ2v) is 5.35. The molecule has 4 nitrogen and oxygen atoms in total. The Morgan fingerprint density at radius 3 is 2.55 bits per heavy atom. The van der Waals surface area contributed by atoms with Crippen LogP contribution in [0.3, 0.4) is 0 Å². The van der Waals surface area contributed by atoms with Crippen LogP contribution in [0.2, 0.25) is 0 Å². The molecule has 0 bridgehead atoms. The van der Waals surface area contributed by atoms with Gasteiger partial charge in [0.05, 0.1) is 0 Å². The number of nitrogens with one attached hydrogen (secondary N) is 1. The molecular weight excluding hydrogens is 252 g/mol. The molecule has 2 rings (SSSR count). The fraction of sp³-hybridized carbons (Fsp3) is 0.375. The Kier molecular flexibility index (Phi) is 4.23. The zero-order valence-electron chi connectivity index (χ0n) is 11.9. The van der Waals surface area contributed by atoms with Gasteiger partial charge in [-0.15, -0.1) is 0 Å². The van der Waals surface area contributed by atoms with Crippen LogP contribution >= 0.6 is 0 Å². The predicted molar refractivity (Wildman–Crippen MR) is 78.1 cm³/mol. The van der Waals surface area contributed by atoms with Gasteiger partial charge in [-0.3, -0.25) is 9.59 Å². The number of benzene rings is 1. The number of rotatable bonds is 4. The molecule has 1 aromatic rings. The lowest BCUT2D eigenvalue weighted by molar-refractivity contribution is -0.148. The van der Waals surface area contributed by atoms with E-state index in [1.54, 1.807) is 11.8 Å². The lowest BCUT2D eigenvalue weighted by Crippen LogP contribution is -2.63. The molecule has 2 unspecified atom stereocenters. The Morgan fingerprint density at radius 1 is 1.30 bits per heavy atom. The summed E-state index contributed by atoms with van der Waals surface area (Å²) in [5.74, 6) is -0.143. The highest BCUT2D eigenvalue weighted by atomic mass is 16.2. The molecule has 0 spiro atoms. The summed E-state index contributed by atoms with van der Waals surface area (Å²) < 4.78 is 0. The van der Waals surface area contributed by atoms with Gasteiger partial charge in [0.1, 0.15) is 12.1 Å². The molecule has 1 saturated heterocycles. The number of piperazine rings is 1. The van der Waals surface area contributed by atoms with Crippen molar-refractivity contribution in [3.8, 4) is 0 Å². The standard InChI is InChI=1S/C16H20N2O2/c1-11(2)10-18-12(3)15(19)17-14(16(18)20)9-13-7-5-4-6-8-13/h4-8,12,14H,1,9-10H2,2-3H3,(H,17,19). The number of hydrogen-bond acceptors (Lipinski definition) is 2. The van der Waals surface area contributed by atoms with Crippen LogP contribution in [-0.4, -0.2) is 35.3 Å². The molecule has 106 valence electrons. The topological polar surface area (TPSA) is 49.4 Å². The van der Waals surface area contributed by atoms with Crippen molar-refractivity contribution in [3.05, 3.63) is 48.0 Å². The maximum Gasteiger partial charge on any atom is 0.246 e. The van der Waals surface area contributed by atoms with Crippen LogP contribution in [-0.2, 0) is 16.0 Å². The van der Waals surface area contributed by atoms with Crippen LogP contribution < -0.4 is 5.32 Å². The van der Waals surface area contributed by atoms with E-state index in [0.717, 1.165) is 11.1 Å². The Labute approximate surface area is 119 Å². The van der Waals surface area contributed by atoms with E-state index in [1.165, 1.54) is 0 Å². The van der Waals surface area contributed by atoms with Crippen molar-refractivity contribution in [2.45, 2.75) is 32.4 Å². The molecule has 0 saturated carbocycles. The van der Waals surface area contributed by atoms with Gasteiger partial charge >= 0.3 is 0 Å². The van der Waals surface area contributed by atoms with Gasteiger partial charge in [-0.05, 0) is 19.4 Å². The number of nitrogens with zero attached hydrogens (tertiary/aromatic N) is 1. The van der Waals surface area contributed by atoms with Crippen LogP contribution in [0.25, 0.3) is 0 Å². The van der Waals surface area contributed by atoms with E-state index < -0.39 is 12.1 Å². The molecule has 1 heterocycles. The fourth-order valence-electron chi connectivity index (χ4n) is 2.38. The minimum Gasteiger partial charge on any atom is -0.342 e. The third kappa shape index (κ3) is 3.07. The average molecular weight is 272 g/mol. The number of amides is 2. The van der Waals surface area contributed by atoms with Crippen LogP contribution in [0.1, 0.15) is 19.4 Å². The van der Waals surface area contributed by atoms with Crippen molar-refractivity contribution >= 4 is 11.8 Å². The lowest BCUT2D eigenvalue weighted by atomic mass is 10.0. The first-order chi connectivity index (χ1) is 9.49. The second-order valence-electron chi connectivity index (χ2n) is 5.35. The highest BCUT2D eigenvalue weighted by Crippen LogP contribution is 2.15. The fourth-order valence-corrected chi connectivity index (χ4v) is 2.38. The van der Waals surface area contributed by atoms with Crippen molar-refractivity contribution < 1.29 is 9.59 Å². The molecule has 1 aromatic carbocycles. The van der Waals surface area contributed by atoms with E-state index in [9.17, 15) is 9.59 Å².